The van der Waals surface area contributed by atoms with Crippen molar-refractivity contribution in [1.29, 1.82) is 0 Å². The molecule has 8 heterocycles. The predicted octanol–water partition coefficient (Wildman–Crippen LogP) is 9.64. The van der Waals surface area contributed by atoms with Crippen molar-refractivity contribution in [1.82, 2.24) is 9.80 Å². The molecule has 16 heteroatoms. The van der Waals surface area contributed by atoms with Crippen molar-refractivity contribution in [3.05, 3.63) is 69.8 Å². The van der Waals surface area contributed by atoms with E-state index in [-0.39, 0.29) is 61.5 Å². The van der Waals surface area contributed by atoms with Crippen molar-refractivity contribution < 1.29 is 66.5 Å². The van der Waals surface area contributed by atoms with Crippen molar-refractivity contribution >= 4 is 23.9 Å². The molecule has 0 aromatic heterocycles. The van der Waals surface area contributed by atoms with Gasteiger partial charge < -0.3 is 47.4 Å². The van der Waals surface area contributed by atoms with Crippen LogP contribution in [-0.2, 0) is 60.4 Å². The molecule has 12 rings (SSSR count). The lowest BCUT2D eigenvalue weighted by Gasteiger charge is -2.44. The zero-order valence-corrected chi connectivity index (χ0v) is 47.7. The molecule has 5 unspecified atom stereocenters. The van der Waals surface area contributed by atoms with Gasteiger partial charge in [-0.25, -0.2) is 9.59 Å². The number of hydrogen-bond donors (Lipinski definition) is 0. The van der Waals surface area contributed by atoms with Gasteiger partial charge >= 0.3 is 23.9 Å². The molecule has 0 radical (unpaired) electrons. The Hall–Kier alpha value is -5.16. The molecule has 0 bridgehead atoms. The van der Waals surface area contributed by atoms with E-state index in [0.29, 0.717) is 12.8 Å². The maximum Gasteiger partial charge on any atom is 0.339 e. The number of nitrogens with zero attached hydrogens (tertiary/aromatic N) is 2. The maximum atomic E-state index is 14.2. The molecule has 8 atom stereocenters. The van der Waals surface area contributed by atoms with Crippen LogP contribution in [-0.4, -0.2) is 131 Å². The summed E-state index contributed by atoms with van der Waals surface area (Å²) in [5.41, 5.74) is 2.55. The molecule has 2 aliphatic carbocycles. The number of ether oxygens (including phenoxy) is 10. The molecule has 8 aliphatic heterocycles. The topological polar surface area (TPSA) is 167 Å². The molecule has 2 aromatic rings. The summed E-state index contributed by atoms with van der Waals surface area (Å²) in [5.74, 6) is 1.07. The first-order chi connectivity index (χ1) is 37.0. The fourth-order valence-electron chi connectivity index (χ4n) is 15.5. The van der Waals surface area contributed by atoms with E-state index in [9.17, 15) is 19.2 Å². The lowest BCUT2D eigenvalue weighted by atomic mass is 9.77. The first-order valence-electron chi connectivity index (χ1n) is 29.0. The van der Waals surface area contributed by atoms with Gasteiger partial charge in [-0.3, -0.25) is 19.4 Å². The van der Waals surface area contributed by atoms with E-state index in [1.807, 2.05) is 55.4 Å². The molecule has 424 valence electrons. The first kappa shape index (κ1) is 54.8. The molecule has 78 heavy (non-hydrogen) atoms. The van der Waals surface area contributed by atoms with Gasteiger partial charge in [-0.1, -0.05) is 12.2 Å². The number of fused-ring (bicyclic) bond motifs is 6. The minimum absolute atomic E-state index is 0.0767. The third kappa shape index (κ3) is 9.90. The van der Waals surface area contributed by atoms with E-state index in [2.05, 4.69) is 60.1 Å². The number of hydrogen-bond acceptors (Lipinski definition) is 16. The van der Waals surface area contributed by atoms with Crippen molar-refractivity contribution in [2.75, 3.05) is 39.8 Å². The Labute approximate surface area is 460 Å². The molecule has 4 saturated heterocycles. The molecule has 0 saturated carbocycles. The third-order valence-corrected chi connectivity index (χ3v) is 18.4. The summed E-state index contributed by atoms with van der Waals surface area (Å²) in [4.78, 5) is 59.4. The summed E-state index contributed by atoms with van der Waals surface area (Å²) in [5, 5.41) is 0. The van der Waals surface area contributed by atoms with Crippen LogP contribution in [0.3, 0.4) is 0 Å². The van der Waals surface area contributed by atoms with Crippen molar-refractivity contribution in [3.63, 3.8) is 0 Å². The first-order valence-corrected chi connectivity index (χ1v) is 29.0. The van der Waals surface area contributed by atoms with Gasteiger partial charge in [0.1, 0.15) is 12.2 Å². The quantitative estimate of drug-likeness (QED) is 0.125. The molecule has 2 aromatic carbocycles. The average Bonchev–Trinajstić information content (AvgIpc) is 4.07. The van der Waals surface area contributed by atoms with Gasteiger partial charge in [-0.15, -0.1) is 0 Å². The Bertz CT molecular complexity index is 2600. The molecule has 4 fully saturated rings. The standard InChI is InChI=1S/2C31H41NO7/c2*1-19(2)37-25(33)17-31(11-6-9-29(4,5)39-31)28(34)38-27-20(3)16-30-10-7-12-32(30)13-8-21-14-23-24(36-18-35-23)15-22(21)26(27)30/h2*14-16,19,26-27H,6-13,17-18H2,1-5H3/t26-,27?,30?,31?;26-,27?,30?,31+/m11/s1. The number of benzene rings is 2. The van der Waals surface area contributed by atoms with Crippen LogP contribution < -0.4 is 18.9 Å². The summed E-state index contributed by atoms with van der Waals surface area (Å²) < 4.78 is 59.9. The predicted molar refractivity (Wildman–Crippen MR) is 288 cm³/mol. The maximum absolute atomic E-state index is 14.2. The Kier molecular flexibility index (Phi) is 14.3. The summed E-state index contributed by atoms with van der Waals surface area (Å²) in [6, 6.07) is 8.43. The van der Waals surface area contributed by atoms with Crippen LogP contribution in [0.25, 0.3) is 0 Å². The zero-order valence-electron chi connectivity index (χ0n) is 47.7. The molecular formula is C62H82N2O14. The highest BCUT2D eigenvalue weighted by atomic mass is 16.7. The second-order valence-electron chi connectivity index (χ2n) is 25.7. The fourth-order valence-corrected chi connectivity index (χ4v) is 15.5. The van der Waals surface area contributed by atoms with Crippen LogP contribution >= 0.6 is 0 Å². The molecule has 0 amide bonds. The van der Waals surface area contributed by atoms with Crippen molar-refractivity contribution in [2.45, 2.75) is 229 Å². The fraction of sp³-hybridized carbons (Fsp3) is 0.677. The number of esters is 4. The van der Waals surface area contributed by atoms with Crippen LogP contribution in [0.4, 0.5) is 0 Å². The summed E-state index contributed by atoms with van der Waals surface area (Å²) >= 11 is 0. The zero-order chi connectivity index (χ0) is 55.2. The summed E-state index contributed by atoms with van der Waals surface area (Å²) in [6.45, 7) is 23.6. The monoisotopic (exact) mass is 1080 g/mol. The van der Waals surface area contributed by atoms with E-state index >= 15 is 0 Å². The largest absolute Gasteiger partial charge is 0.463 e. The minimum Gasteiger partial charge on any atom is -0.463 e. The Morgan fingerprint density at radius 1 is 0.538 bits per heavy atom. The summed E-state index contributed by atoms with van der Waals surface area (Å²) in [6.07, 6.45) is 12.9. The van der Waals surface area contributed by atoms with Crippen molar-refractivity contribution in [2.24, 2.45) is 0 Å². The Morgan fingerprint density at radius 2 is 0.923 bits per heavy atom. The third-order valence-electron chi connectivity index (χ3n) is 18.4. The number of carbonyl (C=O) groups excluding carboxylic acids is 4. The van der Waals surface area contributed by atoms with Crippen molar-refractivity contribution in [3.8, 4) is 23.0 Å². The number of rotatable bonds is 10. The average molecular weight is 1080 g/mol. The normalized spacial score (nSPS) is 32.6. The van der Waals surface area contributed by atoms with Gasteiger partial charge in [0.2, 0.25) is 13.6 Å². The highest BCUT2D eigenvalue weighted by molar-refractivity contribution is 5.87. The minimum atomic E-state index is -1.37. The van der Waals surface area contributed by atoms with Gasteiger partial charge in [0.05, 0.1) is 47.3 Å². The van der Waals surface area contributed by atoms with Crippen LogP contribution in [0.1, 0.15) is 180 Å². The van der Waals surface area contributed by atoms with E-state index in [4.69, 9.17) is 47.4 Å². The van der Waals surface area contributed by atoms with E-state index in [0.717, 1.165) is 136 Å². The van der Waals surface area contributed by atoms with Crippen LogP contribution in [0.15, 0.2) is 47.6 Å². The lowest BCUT2D eigenvalue weighted by Crippen LogP contribution is -2.54. The number of carbonyl (C=O) groups is 4. The van der Waals surface area contributed by atoms with Gasteiger partial charge in [0.15, 0.2) is 34.2 Å². The van der Waals surface area contributed by atoms with E-state index in [1.165, 1.54) is 11.1 Å². The Morgan fingerprint density at radius 3 is 1.29 bits per heavy atom. The highest BCUT2D eigenvalue weighted by Gasteiger charge is 2.61. The second-order valence-corrected chi connectivity index (χ2v) is 25.7. The van der Waals surface area contributed by atoms with Crippen LogP contribution in [0.2, 0.25) is 0 Å². The van der Waals surface area contributed by atoms with Gasteiger partial charge in [0, 0.05) is 24.9 Å². The van der Waals surface area contributed by atoms with Gasteiger partial charge in [0.25, 0.3) is 0 Å². The van der Waals surface area contributed by atoms with Gasteiger partial charge in [-0.2, -0.15) is 0 Å². The molecular weight excluding hydrogens is 997 g/mol. The van der Waals surface area contributed by atoms with Crippen LogP contribution in [0.5, 0.6) is 23.0 Å². The van der Waals surface area contributed by atoms with Crippen LogP contribution in [0, 0.1) is 0 Å². The van der Waals surface area contributed by atoms with E-state index < -0.39 is 58.5 Å². The molecule has 0 N–H and O–H groups in total. The molecule has 10 aliphatic rings. The second kappa shape index (κ2) is 20.4. The SMILES string of the molecule is CC1=CC23CCCN2CCc2cc4c(cc2[C@@H]3C1OC(=O)C1(CC(=O)OC(C)C)CCCC(C)(C)O1)OCO4.CC1=CC23CCCN2CCc2cc4c(cc2[C@@H]3C1OC(=O)[C@@]1(CC(=O)OC(C)C)CCCC(C)(C)O1)OCO4. The van der Waals surface area contributed by atoms with E-state index in [1.54, 1.807) is 0 Å². The summed E-state index contributed by atoms with van der Waals surface area (Å²) in [7, 11) is 0. The Balaban J connectivity index is 0.000000165. The lowest BCUT2D eigenvalue weighted by molar-refractivity contribution is -0.216. The smallest absolute Gasteiger partial charge is 0.339 e. The van der Waals surface area contributed by atoms with Gasteiger partial charge in [-0.05, 0) is 217 Å². The molecule has 2 spiro atoms. The highest BCUT2D eigenvalue weighted by Crippen LogP contribution is 2.58. The molecule has 16 nitrogen and oxygen atoms in total.